The van der Waals surface area contributed by atoms with Crippen molar-refractivity contribution < 1.29 is 13.2 Å². The van der Waals surface area contributed by atoms with Crippen LogP contribution in [0.15, 0.2) is 11.2 Å². The average molecular weight is 274 g/mol. The van der Waals surface area contributed by atoms with E-state index in [1.165, 1.54) is 6.20 Å². The maximum atomic E-state index is 11.8. The highest BCUT2D eigenvalue weighted by atomic mass is 32.2. The van der Waals surface area contributed by atoms with Crippen LogP contribution in [-0.2, 0) is 21.2 Å². The zero-order valence-corrected chi connectivity index (χ0v) is 11.1. The molecule has 1 aromatic heterocycles. The normalized spacial score (nSPS) is 11.6. The summed E-state index contributed by atoms with van der Waals surface area (Å²) in [5.41, 5.74) is 4.98. The highest BCUT2D eigenvalue weighted by Crippen LogP contribution is 2.06. The monoisotopic (exact) mass is 274 g/mol. The minimum absolute atomic E-state index is 0.0641. The van der Waals surface area contributed by atoms with Gasteiger partial charge in [0.05, 0.1) is 6.20 Å². The van der Waals surface area contributed by atoms with Crippen molar-refractivity contribution in [2.24, 2.45) is 5.73 Å². The van der Waals surface area contributed by atoms with Gasteiger partial charge in [0.1, 0.15) is 5.82 Å². The fourth-order valence-electron chi connectivity index (χ4n) is 1.37. The summed E-state index contributed by atoms with van der Waals surface area (Å²) >= 11 is 0. The Balaban J connectivity index is 2.42. The Morgan fingerprint density at radius 3 is 2.78 bits per heavy atom. The number of rotatable bonds is 8. The summed E-state index contributed by atoms with van der Waals surface area (Å²) in [6.45, 7) is 2.16. The molecule has 0 bridgehead atoms. The molecule has 0 radical (unpaired) electrons. The number of primary amides is 1. The number of hydrogen-bond acceptors (Lipinski definition) is 4. The molecule has 102 valence electrons. The third-order valence-electron chi connectivity index (χ3n) is 2.37. The Morgan fingerprint density at radius 1 is 1.50 bits per heavy atom. The molecule has 18 heavy (non-hydrogen) atoms. The summed E-state index contributed by atoms with van der Waals surface area (Å²) in [5.74, 6) is 0.253. The van der Waals surface area contributed by atoms with Gasteiger partial charge < -0.3 is 10.7 Å². The molecule has 1 aromatic rings. The predicted octanol–water partition coefficient (Wildman–Crippen LogP) is -0.0940. The number of nitrogens with one attached hydrogen (secondary N) is 2. The first-order chi connectivity index (χ1) is 8.45. The smallest absolute Gasteiger partial charge is 0.257 e. The molecular formula is C10H18N4O3S. The van der Waals surface area contributed by atoms with Gasteiger partial charge in [0.2, 0.25) is 5.91 Å². The van der Waals surface area contributed by atoms with Gasteiger partial charge in [-0.15, -0.1) is 0 Å². The van der Waals surface area contributed by atoms with Gasteiger partial charge in [-0.05, 0) is 12.8 Å². The average Bonchev–Trinajstić information content (AvgIpc) is 2.77. The molecule has 0 saturated heterocycles. The fourth-order valence-corrected chi connectivity index (χ4v) is 2.38. The van der Waals surface area contributed by atoms with E-state index in [9.17, 15) is 13.2 Å². The van der Waals surface area contributed by atoms with Crippen LogP contribution in [0, 0.1) is 0 Å². The molecule has 0 aliphatic heterocycles. The van der Waals surface area contributed by atoms with Crippen LogP contribution >= 0.6 is 0 Å². The van der Waals surface area contributed by atoms with Crippen molar-refractivity contribution in [2.45, 2.75) is 37.6 Å². The van der Waals surface area contributed by atoms with Gasteiger partial charge in [0.25, 0.3) is 10.0 Å². The van der Waals surface area contributed by atoms with Gasteiger partial charge in [-0.25, -0.2) is 18.1 Å². The maximum absolute atomic E-state index is 11.8. The van der Waals surface area contributed by atoms with E-state index in [1.807, 2.05) is 6.92 Å². The van der Waals surface area contributed by atoms with Crippen molar-refractivity contribution in [1.82, 2.24) is 14.7 Å². The molecule has 0 atom stereocenters. The molecule has 0 aliphatic rings. The lowest BCUT2D eigenvalue weighted by Gasteiger charge is -2.03. The zero-order chi connectivity index (χ0) is 13.6. The summed E-state index contributed by atoms with van der Waals surface area (Å²) in [6, 6.07) is 0. The minimum atomic E-state index is -3.53. The lowest BCUT2D eigenvalue weighted by Crippen LogP contribution is -2.25. The van der Waals surface area contributed by atoms with Crippen molar-refractivity contribution in [3.63, 3.8) is 0 Å². The topological polar surface area (TPSA) is 118 Å². The molecule has 0 unspecified atom stereocenters. The number of carbonyl (C=O) groups is 1. The SMILES string of the molecule is CCc1ncc(S(=O)(=O)NCCCCC(N)=O)[nH]1. The molecule has 0 fully saturated rings. The Hall–Kier alpha value is -1.41. The molecule has 1 heterocycles. The fraction of sp³-hybridized carbons (Fsp3) is 0.600. The van der Waals surface area contributed by atoms with E-state index in [4.69, 9.17) is 5.73 Å². The molecular weight excluding hydrogens is 256 g/mol. The summed E-state index contributed by atoms with van der Waals surface area (Å²) in [6.07, 6.45) is 3.35. The largest absolute Gasteiger partial charge is 0.370 e. The quantitative estimate of drug-likeness (QED) is 0.574. The number of imidazole rings is 1. The number of unbranched alkanes of at least 4 members (excludes halogenated alkanes) is 1. The van der Waals surface area contributed by atoms with Crippen molar-refractivity contribution in [3.05, 3.63) is 12.0 Å². The number of carbonyl (C=O) groups excluding carboxylic acids is 1. The van der Waals surface area contributed by atoms with Crippen LogP contribution < -0.4 is 10.5 Å². The lowest BCUT2D eigenvalue weighted by atomic mass is 10.2. The van der Waals surface area contributed by atoms with Gasteiger partial charge in [-0.1, -0.05) is 6.92 Å². The molecule has 0 spiro atoms. The van der Waals surface area contributed by atoms with Gasteiger partial charge >= 0.3 is 0 Å². The van der Waals surface area contributed by atoms with E-state index < -0.39 is 10.0 Å². The highest BCUT2D eigenvalue weighted by molar-refractivity contribution is 7.89. The second kappa shape index (κ2) is 6.50. The van der Waals surface area contributed by atoms with Crippen LogP contribution in [-0.4, -0.2) is 30.8 Å². The van der Waals surface area contributed by atoms with E-state index in [0.717, 1.165) is 0 Å². The van der Waals surface area contributed by atoms with Gasteiger partial charge in [0, 0.05) is 19.4 Å². The minimum Gasteiger partial charge on any atom is -0.370 e. The molecule has 1 amide bonds. The van der Waals surface area contributed by atoms with Crippen LogP contribution in [0.4, 0.5) is 0 Å². The Kier molecular flexibility index (Phi) is 5.29. The third-order valence-corrected chi connectivity index (χ3v) is 3.74. The van der Waals surface area contributed by atoms with Crippen molar-refractivity contribution >= 4 is 15.9 Å². The number of sulfonamides is 1. The third kappa shape index (κ3) is 4.46. The van der Waals surface area contributed by atoms with Gasteiger partial charge in [-0.3, -0.25) is 4.79 Å². The predicted molar refractivity (Wildman–Crippen MR) is 66.2 cm³/mol. The molecule has 7 nitrogen and oxygen atoms in total. The number of hydrogen-bond donors (Lipinski definition) is 3. The lowest BCUT2D eigenvalue weighted by molar-refractivity contribution is -0.118. The summed E-state index contributed by atoms with van der Waals surface area (Å²) in [4.78, 5) is 17.1. The van der Waals surface area contributed by atoms with E-state index in [2.05, 4.69) is 14.7 Å². The highest BCUT2D eigenvalue weighted by Gasteiger charge is 2.15. The first-order valence-electron chi connectivity index (χ1n) is 5.77. The van der Waals surface area contributed by atoms with E-state index in [-0.39, 0.29) is 23.9 Å². The number of aromatic nitrogens is 2. The Labute approximate surface area is 106 Å². The van der Waals surface area contributed by atoms with Crippen LogP contribution in [0.3, 0.4) is 0 Å². The van der Waals surface area contributed by atoms with Crippen LogP contribution in [0.1, 0.15) is 32.0 Å². The molecule has 8 heteroatoms. The zero-order valence-electron chi connectivity index (χ0n) is 10.3. The van der Waals surface area contributed by atoms with Gasteiger partial charge in [0.15, 0.2) is 5.03 Å². The number of nitrogens with two attached hydrogens (primary N) is 1. The van der Waals surface area contributed by atoms with Crippen LogP contribution in [0.2, 0.25) is 0 Å². The Morgan fingerprint density at radius 2 is 2.22 bits per heavy atom. The number of nitrogens with zero attached hydrogens (tertiary/aromatic N) is 1. The molecule has 0 aromatic carbocycles. The van der Waals surface area contributed by atoms with Gasteiger partial charge in [-0.2, -0.15) is 0 Å². The molecule has 1 rings (SSSR count). The van der Waals surface area contributed by atoms with Crippen LogP contribution in [0.5, 0.6) is 0 Å². The maximum Gasteiger partial charge on any atom is 0.257 e. The second-order valence-electron chi connectivity index (χ2n) is 3.87. The number of aryl methyl sites for hydroxylation is 1. The second-order valence-corrected chi connectivity index (χ2v) is 5.60. The number of aromatic amines is 1. The van der Waals surface area contributed by atoms with E-state index in [1.54, 1.807) is 0 Å². The van der Waals surface area contributed by atoms with Crippen molar-refractivity contribution in [2.75, 3.05) is 6.54 Å². The van der Waals surface area contributed by atoms with Crippen LogP contribution in [0.25, 0.3) is 0 Å². The first-order valence-corrected chi connectivity index (χ1v) is 7.26. The van der Waals surface area contributed by atoms with E-state index in [0.29, 0.717) is 25.1 Å². The molecule has 0 aliphatic carbocycles. The number of H-pyrrole nitrogens is 1. The molecule has 4 N–H and O–H groups in total. The molecule has 0 saturated carbocycles. The Bertz CT molecular complexity index is 495. The number of amides is 1. The van der Waals surface area contributed by atoms with Crippen molar-refractivity contribution in [3.8, 4) is 0 Å². The van der Waals surface area contributed by atoms with E-state index >= 15 is 0 Å². The summed E-state index contributed by atoms with van der Waals surface area (Å²) < 4.78 is 26.0. The summed E-state index contributed by atoms with van der Waals surface area (Å²) in [7, 11) is -3.53. The first kappa shape index (κ1) is 14.7. The summed E-state index contributed by atoms with van der Waals surface area (Å²) in [5, 5.41) is 0.0641. The van der Waals surface area contributed by atoms with Crippen molar-refractivity contribution in [1.29, 1.82) is 0 Å². The standard InChI is InChI=1S/C10H18N4O3S/c1-2-9-12-7-10(14-9)18(16,17)13-6-4-3-5-8(11)15/h7,13H,2-6H2,1H3,(H2,11,15)(H,12,14).